The lowest BCUT2D eigenvalue weighted by Gasteiger charge is -2.29. The molecule has 1 unspecified atom stereocenters. The van der Waals surface area contributed by atoms with Crippen LogP contribution in [0.25, 0.3) is 0 Å². The van der Waals surface area contributed by atoms with E-state index >= 15 is 0 Å². The van der Waals surface area contributed by atoms with Crippen molar-refractivity contribution in [3.05, 3.63) is 23.8 Å². The number of nitrogens with one attached hydrogen (secondary N) is 2. The molecule has 0 saturated carbocycles. The molecule has 0 aromatic heterocycles. The van der Waals surface area contributed by atoms with Crippen molar-refractivity contribution in [2.45, 2.75) is 30.8 Å². The number of carbonyl (C=O) groups is 2. The molecule has 2 saturated heterocycles. The minimum absolute atomic E-state index is 0.0126. The van der Waals surface area contributed by atoms with E-state index in [1.165, 1.54) is 12.0 Å². The summed E-state index contributed by atoms with van der Waals surface area (Å²) in [6, 6.07) is 5.69. The number of hydrogen-bond donors (Lipinski definition) is 3. The number of esters is 1. The lowest BCUT2D eigenvalue weighted by Crippen LogP contribution is -3.19. The van der Waals surface area contributed by atoms with Gasteiger partial charge in [-0.25, -0.2) is 0 Å². The fourth-order valence-corrected chi connectivity index (χ4v) is 4.74. The second kappa shape index (κ2) is 4.46. The maximum Gasteiger partial charge on any atom is 0.315 e. The third-order valence-electron chi connectivity index (χ3n) is 5.61. The molecule has 1 spiro atoms. The smallest absolute Gasteiger partial charge is 0.315 e. The van der Waals surface area contributed by atoms with Crippen LogP contribution >= 0.6 is 0 Å². The number of fused-ring (bicyclic) bond motifs is 4. The van der Waals surface area contributed by atoms with Crippen molar-refractivity contribution in [1.29, 1.82) is 0 Å². The number of methoxy groups -OCH3 is 1. The molecule has 0 radical (unpaired) electrons. The lowest BCUT2D eigenvalue weighted by atomic mass is 9.84. The minimum Gasteiger partial charge on any atom is -0.469 e. The Hall–Kier alpha value is -2.08. The SMILES string of the molecule is COC(=O)[C@H]1C[C@]2(C(=O)Nc3ccc(N)cc32)[NH+]2CCC[C@@H]12. The van der Waals surface area contributed by atoms with Crippen LogP contribution in [0.3, 0.4) is 0 Å². The third-order valence-corrected chi connectivity index (χ3v) is 5.61. The number of benzene rings is 1. The molecule has 4 N–H and O–H groups in total. The largest absolute Gasteiger partial charge is 0.469 e. The Labute approximate surface area is 128 Å². The number of quaternary nitrogens is 1. The molecule has 0 bridgehead atoms. The fraction of sp³-hybridized carbons (Fsp3) is 0.500. The highest BCUT2D eigenvalue weighted by molar-refractivity contribution is 6.05. The zero-order valence-corrected chi connectivity index (χ0v) is 12.5. The van der Waals surface area contributed by atoms with Crippen molar-refractivity contribution in [2.24, 2.45) is 5.92 Å². The van der Waals surface area contributed by atoms with Crippen LogP contribution in [0, 0.1) is 5.92 Å². The maximum atomic E-state index is 12.8. The fourth-order valence-electron chi connectivity index (χ4n) is 4.74. The van der Waals surface area contributed by atoms with E-state index in [0.717, 1.165) is 30.6 Å². The van der Waals surface area contributed by atoms with Gasteiger partial charge in [-0.05, 0) is 18.2 Å². The summed E-state index contributed by atoms with van der Waals surface area (Å²) in [6.07, 6.45) is 2.49. The Morgan fingerprint density at radius 3 is 3.09 bits per heavy atom. The molecular weight excluding hydrogens is 282 g/mol. The van der Waals surface area contributed by atoms with Crippen LogP contribution < -0.4 is 16.0 Å². The average Bonchev–Trinajstić information content (AvgIpc) is 3.15. The van der Waals surface area contributed by atoms with Gasteiger partial charge < -0.3 is 20.7 Å². The molecule has 2 fully saturated rings. The summed E-state index contributed by atoms with van der Waals surface area (Å²) in [5, 5.41) is 2.98. The number of ether oxygens (including phenoxy) is 1. The van der Waals surface area contributed by atoms with Gasteiger partial charge in [0.25, 0.3) is 5.91 Å². The lowest BCUT2D eigenvalue weighted by molar-refractivity contribution is -0.947. The summed E-state index contributed by atoms with van der Waals surface area (Å²) >= 11 is 0. The Morgan fingerprint density at radius 2 is 2.32 bits per heavy atom. The predicted octanol–water partition coefficient (Wildman–Crippen LogP) is -0.344. The molecule has 4 rings (SSSR count). The monoisotopic (exact) mass is 302 g/mol. The zero-order valence-electron chi connectivity index (χ0n) is 12.5. The van der Waals surface area contributed by atoms with Gasteiger partial charge in [-0.1, -0.05) is 0 Å². The summed E-state index contributed by atoms with van der Waals surface area (Å²) in [4.78, 5) is 26.2. The number of rotatable bonds is 1. The Balaban J connectivity index is 1.86. The highest BCUT2D eigenvalue weighted by Gasteiger charge is 2.67. The number of carbonyl (C=O) groups excluding carboxylic acids is 2. The van der Waals surface area contributed by atoms with Crippen LogP contribution in [0.1, 0.15) is 24.8 Å². The molecule has 1 aromatic rings. The number of anilines is 2. The van der Waals surface area contributed by atoms with Gasteiger partial charge in [0.15, 0.2) is 0 Å². The highest BCUT2D eigenvalue weighted by atomic mass is 16.5. The molecule has 22 heavy (non-hydrogen) atoms. The molecule has 0 aliphatic carbocycles. The highest BCUT2D eigenvalue weighted by Crippen LogP contribution is 2.44. The first-order chi connectivity index (χ1) is 10.6. The van der Waals surface area contributed by atoms with Crippen LogP contribution in [0.15, 0.2) is 18.2 Å². The molecule has 1 amide bonds. The first kappa shape index (κ1) is 13.6. The second-order valence-electron chi connectivity index (χ2n) is 6.52. The van der Waals surface area contributed by atoms with Crippen LogP contribution in [-0.2, 0) is 19.9 Å². The quantitative estimate of drug-likeness (QED) is 0.489. The van der Waals surface area contributed by atoms with Gasteiger partial charge in [-0.3, -0.25) is 9.59 Å². The van der Waals surface area contributed by atoms with Gasteiger partial charge >= 0.3 is 5.97 Å². The van der Waals surface area contributed by atoms with Gasteiger partial charge in [-0.15, -0.1) is 0 Å². The van der Waals surface area contributed by atoms with Crippen LogP contribution in [0.4, 0.5) is 11.4 Å². The number of amides is 1. The van der Waals surface area contributed by atoms with Crippen molar-refractivity contribution in [3.63, 3.8) is 0 Å². The minimum atomic E-state index is -0.690. The Bertz CT molecular complexity index is 675. The molecule has 4 atom stereocenters. The standard InChI is InChI=1S/C16H19N3O3/c1-22-14(20)10-8-16(19-6-2-3-13(10)19)11-7-9(17)4-5-12(11)18-15(16)21/h4-5,7,10,13H,2-3,6,8,17H2,1H3,(H,18,21)/p+1/t10-,13-,16-/m0/s1. The van der Waals surface area contributed by atoms with Crippen molar-refractivity contribution in [2.75, 3.05) is 24.7 Å². The summed E-state index contributed by atoms with van der Waals surface area (Å²) in [5.41, 5.74) is 7.66. The Morgan fingerprint density at radius 1 is 1.50 bits per heavy atom. The molecule has 6 heteroatoms. The molecule has 3 heterocycles. The van der Waals surface area contributed by atoms with E-state index in [-0.39, 0.29) is 23.8 Å². The van der Waals surface area contributed by atoms with Gasteiger partial charge in [0.05, 0.1) is 19.3 Å². The van der Waals surface area contributed by atoms with E-state index in [9.17, 15) is 9.59 Å². The summed E-state index contributed by atoms with van der Waals surface area (Å²) in [6.45, 7) is 0.903. The van der Waals surface area contributed by atoms with Crippen LogP contribution in [-0.4, -0.2) is 31.6 Å². The normalized spacial score (nSPS) is 35.3. The van der Waals surface area contributed by atoms with E-state index < -0.39 is 5.54 Å². The molecule has 1 aromatic carbocycles. The van der Waals surface area contributed by atoms with Gasteiger partial charge in [0, 0.05) is 30.5 Å². The van der Waals surface area contributed by atoms with E-state index in [1.807, 2.05) is 12.1 Å². The van der Waals surface area contributed by atoms with E-state index in [0.29, 0.717) is 12.1 Å². The number of nitrogen functional groups attached to an aromatic ring is 1. The molecule has 6 nitrogen and oxygen atoms in total. The molecule has 116 valence electrons. The van der Waals surface area contributed by atoms with E-state index in [1.54, 1.807) is 6.07 Å². The van der Waals surface area contributed by atoms with Crippen molar-refractivity contribution in [3.8, 4) is 0 Å². The first-order valence-electron chi connectivity index (χ1n) is 7.73. The molecule has 3 aliphatic rings. The molecular formula is C16H20N3O3+. The average molecular weight is 302 g/mol. The zero-order chi connectivity index (χ0) is 15.5. The van der Waals surface area contributed by atoms with Gasteiger partial charge in [0.2, 0.25) is 5.54 Å². The van der Waals surface area contributed by atoms with Crippen LogP contribution in [0.2, 0.25) is 0 Å². The van der Waals surface area contributed by atoms with Gasteiger partial charge in [-0.2, -0.15) is 0 Å². The second-order valence-corrected chi connectivity index (χ2v) is 6.52. The topological polar surface area (TPSA) is 85.9 Å². The van der Waals surface area contributed by atoms with Crippen molar-refractivity contribution < 1.29 is 19.2 Å². The van der Waals surface area contributed by atoms with E-state index in [2.05, 4.69) is 5.32 Å². The maximum absolute atomic E-state index is 12.8. The van der Waals surface area contributed by atoms with E-state index in [4.69, 9.17) is 10.5 Å². The van der Waals surface area contributed by atoms with Crippen molar-refractivity contribution in [1.82, 2.24) is 0 Å². The van der Waals surface area contributed by atoms with Gasteiger partial charge in [0.1, 0.15) is 12.0 Å². The summed E-state index contributed by atoms with van der Waals surface area (Å²) < 4.78 is 4.98. The summed E-state index contributed by atoms with van der Waals surface area (Å²) in [5.74, 6) is -0.437. The number of nitrogens with two attached hydrogens (primary N) is 1. The first-order valence-corrected chi connectivity index (χ1v) is 7.73. The summed E-state index contributed by atoms with van der Waals surface area (Å²) in [7, 11) is 1.42. The van der Waals surface area contributed by atoms with Crippen LogP contribution in [0.5, 0.6) is 0 Å². The molecule has 3 aliphatic heterocycles. The number of hydrogen-bond acceptors (Lipinski definition) is 4. The predicted molar refractivity (Wildman–Crippen MR) is 80.1 cm³/mol. The Kier molecular flexibility index (Phi) is 2.75. The van der Waals surface area contributed by atoms with Crippen molar-refractivity contribution >= 4 is 23.3 Å². The third kappa shape index (κ3) is 1.53.